The number of ether oxygens (including phenoxy) is 1. The van der Waals surface area contributed by atoms with Gasteiger partial charge in [0.25, 0.3) is 0 Å². The molecule has 0 radical (unpaired) electrons. The zero-order chi connectivity index (χ0) is 20.4. The number of hydrogen-bond acceptors (Lipinski definition) is 8. The molecule has 1 atom stereocenters. The Morgan fingerprint density at radius 2 is 2.14 bits per heavy atom. The van der Waals surface area contributed by atoms with Gasteiger partial charge in [-0.2, -0.15) is 18.2 Å². The van der Waals surface area contributed by atoms with Crippen LogP contribution in [-0.2, 0) is 6.18 Å². The van der Waals surface area contributed by atoms with Crippen molar-refractivity contribution in [3.63, 3.8) is 0 Å². The molecular formula is C18H19F3N6OS. The van der Waals surface area contributed by atoms with E-state index in [-0.39, 0.29) is 17.8 Å². The fourth-order valence-electron chi connectivity index (χ4n) is 3.10. The van der Waals surface area contributed by atoms with Crippen LogP contribution in [-0.4, -0.2) is 41.2 Å². The van der Waals surface area contributed by atoms with E-state index in [4.69, 9.17) is 4.74 Å². The molecule has 3 heterocycles. The van der Waals surface area contributed by atoms with Gasteiger partial charge in [0.2, 0.25) is 5.95 Å². The van der Waals surface area contributed by atoms with Crippen LogP contribution in [0.5, 0.6) is 5.75 Å². The largest absolute Gasteiger partial charge is 0.497 e. The van der Waals surface area contributed by atoms with E-state index in [1.54, 1.807) is 19.2 Å². The second kappa shape index (κ2) is 7.99. The van der Waals surface area contributed by atoms with Gasteiger partial charge in [0.15, 0.2) is 5.13 Å². The summed E-state index contributed by atoms with van der Waals surface area (Å²) in [5.41, 5.74) is -0.312. The summed E-state index contributed by atoms with van der Waals surface area (Å²) < 4.78 is 46.4. The van der Waals surface area contributed by atoms with Crippen molar-refractivity contribution in [2.75, 3.05) is 30.8 Å². The lowest BCUT2D eigenvalue weighted by molar-refractivity contribution is -0.137. The molecule has 4 rings (SSSR count). The second-order valence-corrected chi connectivity index (χ2v) is 7.65. The average molecular weight is 424 g/mol. The number of thiazole rings is 1. The Morgan fingerprint density at radius 1 is 1.28 bits per heavy atom. The van der Waals surface area contributed by atoms with Crippen LogP contribution >= 0.6 is 11.3 Å². The number of benzene rings is 1. The monoisotopic (exact) mass is 424 g/mol. The van der Waals surface area contributed by atoms with Gasteiger partial charge >= 0.3 is 6.18 Å². The summed E-state index contributed by atoms with van der Waals surface area (Å²) in [5, 5.41) is 9.37. The molecule has 7 nitrogen and oxygen atoms in total. The van der Waals surface area contributed by atoms with Gasteiger partial charge in [0.05, 0.1) is 17.3 Å². The Morgan fingerprint density at radius 3 is 2.86 bits per heavy atom. The van der Waals surface area contributed by atoms with Gasteiger partial charge in [-0.15, -0.1) is 0 Å². The van der Waals surface area contributed by atoms with Crippen molar-refractivity contribution in [1.29, 1.82) is 0 Å². The van der Waals surface area contributed by atoms with Gasteiger partial charge in [0, 0.05) is 24.8 Å². The smallest absolute Gasteiger partial charge is 0.421 e. The lowest BCUT2D eigenvalue weighted by Crippen LogP contribution is -2.38. The Kier molecular flexibility index (Phi) is 5.41. The molecule has 1 saturated heterocycles. The highest BCUT2D eigenvalue weighted by atomic mass is 32.1. The third kappa shape index (κ3) is 4.51. The van der Waals surface area contributed by atoms with Gasteiger partial charge in [-0.3, -0.25) is 0 Å². The maximum absolute atomic E-state index is 13.5. The highest BCUT2D eigenvalue weighted by Gasteiger charge is 2.35. The van der Waals surface area contributed by atoms with E-state index in [0.717, 1.165) is 30.3 Å². The molecule has 3 N–H and O–H groups in total. The van der Waals surface area contributed by atoms with Crippen LogP contribution in [0.25, 0.3) is 10.2 Å². The van der Waals surface area contributed by atoms with Gasteiger partial charge in [-0.05, 0) is 31.5 Å². The molecule has 2 aromatic heterocycles. The fraction of sp³-hybridized carbons (Fsp3) is 0.389. The summed E-state index contributed by atoms with van der Waals surface area (Å²) in [6, 6.07) is 5.38. The van der Waals surface area contributed by atoms with Crippen molar-refractivity contribution in [1.82, 2.24) is 20.3 Å². The second-order valence-electron chi connectivity index (χ2n) is 6.62. The lowest BCUT2D eigenvalue weighted by Gasteiger charge is -2.24. The van der Waals surface area contributed by atoms with Crippen LogP contribution in [0.4, 0.5) is 30.1 Å². The average Bonchev–Trinajstić information content (AvgIpc) is 3.09. The first-order valence-corrected chi connectivity index (χ1v) is 9.87. The van der Waals surface area contributed by atoms with E-state index in [9.17, 15) is 13.2 Å². The summed E-state index contributed by atoms with van der Waals surface area (Å²) >= 11 is 1.24. The van der Waals surface area contributed by atoms with Crippen molar-refractivity contribution in [2.45, 2.75) is 25.1 Å². The molecule has 29 heavy (non-hydrogen) atoms. The number of nitrogens with zero attached hydrogens (tertiary/aromatic N) is 3. The molecule has 0 aliphatic carbocycles. The lowest BCUT2D eigenvalue weighted by atomic mass is 10.1. The van der Waals surface area contributed by atoms with Gasteiger partial charge in [0.1, 0.15) is 17.1 Å². The third-order valence-electron chi connectivity index (χ3n) is 4.54. The standard InChI is InChI=1S/C18H19F3N6OS/c1-28-11-4-5-14-13(7-11)25-17(29-14)27-15-12(18(19,20)21)9-23-16(26-15)24-10-3-2-6-22-8-10/h4-5,7,9-10,22H,2-3,6,8H2,1H3,(H2,23,24,25,26,27)/t10-/m0/s1. The van der Waals surface area contributed by atoms with Gasteiger partial charge < -0.3 is 20.7 Å². The molecule has 11 heteroatoms. The molecule has 154 valence electrons. The Labute approximate surface area is 168 Å². The first-order chi connectivity index (χ1) is 13.9. The molecular weight excluding hydrogens is 405 g/mol. The number of rotatable bonds is 5. The van der Waals surface area contributed by atoms with Crippen molar-refractivity contribution < 1.29 is 17.9 Å². The maximum atomic E-state index is 13.5. The van der Waals surface area contributed by atoms with Gasteiger partial charge in [-0.25, -0.2) is 9.97 Å². The molecule has 3 aromatic rings. The zero-order valence-electron chi connectivity index (χ0n) is 15.5. The highest BCUT2D eigenvalue weighted by Crippen LogP contribution is 2.37. The molecule has 0 unspecified atom stereocenters. The molecule has 1 aliphatic rings. The summed E-state index contributed by atoms with van der Waals surface area (Å²) in [7, 11) is 1.54. The van der Waals surface area contributed by atoms with Crippen molar-refractivity contribution in [3.8, 4) is 5.75 Å². The summed E-state index contributed by atoms with van der Waals surface area (Å²) in [6.07, 6.45) is -1.91. The van der Waals surface area contributed by atoms with Crippen LogP contribution < -0.4 is 20.7 Å². The molecule has 0 amide bonds. The Balaban J connectivity index is 1.63. The number of alkyl halides is 3. The van der Waals surface area contributed by atoms with Crippen LogP contribution in [0.3, 0.4) is 0 Å². The molecule has 1 aromatic carbocycles. The summed E-state index contributed by atoms with van der Waals surface area (Å²) in [6.45, 7) is 1.65. The quantitative estimate of drug-likeness (QED) is 0.571. The molecule has 0 bridgehead atoms. The molecule has 0 saturated carbocycles. The Bertz CT molecular complexity index is 1000. The van der Waals surface area contributed by atoms with Crippen LogP contribution in [0.15, 0.2) is 24.4 Å². The normalized spacial score (nSPS) is 17.3. The van der Waals surface area contributed by atoms with E-state index >= 15 is 0 Å². The predicted molar refractivity (Wildman–Crippen MR) is 106 cm³/mol. The fourth-order valence-corrected chi connectivity index (χ4v) is 3.95. The van der Waals surface area contributed by atoms with Crippen LogP contribution in [0, 0.1) is 0 Å². The molecule has 0 spiro atoms. The summed E-state index contributed by atoms with van der Waals surface area (Å²) in [5.74, 6) is 0.446. The topological polar surface area (TPSA) is 84.0 Å². The van der Waals surface area contributed by atoms with Crippen molar-refractivity contribution in [3.05, 3.63) is 30.0 Å². The number of aromatic nitrogens is 3. The van der Waals surface area contributed by atoms with E-state index < -0.39 is 11.7 Å². The van der Waals surface area contributed by atoms with Gasteiger partial charge in [-0.1, -0.05) is 11.3 Å². The predicted octanol–water partition coefficient (Wildman–Crippen LogP) is 4.02. The number of anilines is 3. The van der Waals surface area contributed by atoms with Crippen LogP contribution in [0.1, 0.15) is 18.4 Å². The highest BCUT2D eigenvalue weighted by molar-refractivity contribution is 7.22. The van der Waals surface area contributed by atoms with E-state index in [2.05, 4.69) is 30.9 Å². The maximum Gasteiger partial charge on any atom is 0.421 e. The Hall–Kier alpha value is -2.66. The molecule has 1 aliphatic heterocycles. The SMILES string of the molecule is COc1ccc2sc(Nc3nc(N[C@H]4CCCNC4)ncc3C(F)(F)F)nc2c1. The van der Waals surface area contributed by atoms with Crippen LogP contribution in [0.2, 0.25) is 0 Å². The first-order valence-electron chi connectivity index (χ1n) is 9.05. The number of fused-ring (bicyclic) bond motifs is 1. The summed E-state index contributed by atoms with van der Waals surface area (Å²) in [4.78, 5) is 12.3. The van der Waals surface area contributed by atoms with E-state index in [1.807, 2.05) is 6.07 Å². The number of nitrogens with one attached hydrogen (secondary N) is 3. The first kappa shape index (κ1) is 19.6. The minimum atomic E-state index is -4.59. The minimum Gasteiger partial charge on any atom is -0.497 e. The van der Waals surface area contributed by atoms with Crippen molar-refractivity contribution >= 4 is 38.5 Å². The third-order valence-corrected chi connectivity index (χ3v) is 5.50. The number of piperidine rings is 1. The number of halogens is 3. The number of methoxy groups -OCH3 is 1. The van der Waals surface area contributed by atoms with E-state index in [0.29, 0.717) is 22.9 Å². The zero-order valence-corrected chi connectivity index (χ0v) is 16.3. The number of hydrogen-bond donors (Lipinski definition) is 3. The van der Waals surface area contributed by atoms with Crippen molar-refractivity contribution in [2.24, 2.45) is 0 Å². The van der Waals surface area contributed by atoms with E-state index in [1.165, 1.54) is 11.3 Å². The molecule has 1 fully saturated rings. The minimum absolute atomic E-state index is 0.0725.